The van der Waals surface area contributed by atoms with Crippen molar-refractivity contribution in [1.82, 2.24) is 61.5 Å². The molecule has 0 radical (unpaired) electrons. The van der Waals surface area contributed by atoms with Gasteiger partial charge in [-0.15, -0.1) is 68.0 Å². The van der Waals surface area contributed by atoms with E-state index in [1.54, 1.807) is 78.0 Å². The molecule has 1 aliphatic rings. The van der Waals surface area contributed by atoms with Gasteiger partial charge in [-0.3, -0.25) is 28.8 Å². The monoisotopic (exact) mass is 1260 g/mol. The summed E-state index contributed by atoms with van der Waals surface area (Å²) >= 11 is 7.21. The molecule has 0 saturated heterocycles. The van der Waals surface area contributed by atoms with Crippen molar-refractivity contribution < 1.29 is 52.8 Å². The van der Waals surface area contributed by atoms with Gasteiger partial charge >= 0.3 is 0 Å². The van der Waals surface area contributed by atoms with E-state index in [-0.39, 0.29) is 55.1 Å². The van der Waals surface area contributed by atoms with E-state index in [4.69, 9.17) is 48.9 Å². The number of aryl methyl sites for hydroxylation is 1. The highest BCUT2D eigenvalue weighted by molar-refractivity contribution is 7.15. The van der Waals surface area contributed by atoms with Gasteiger partial charge in [-0.1, -0.05) is 44.2 Å². The number of aromatic nitrogens is 7. The average Bonchev–Trinajstić information content (AvgIpc) is 3.63. The lowest BCUT2D eigenvalue weighted by Crippen LogP contribution is -2.40. The Balaban J connectivity index is 1.09. The van der Waals surface area contributed by atoms with Gasteiger partial charge in [0.15, 0.2) is 0 Å². The number of anilines is 1. The molecule has 0 fully saturated rings. The van der Waals surface area contributed by atoms with Gasteiger partial charge in [0.05, 0.1) is 68.7 Å². The molecule has 30 heteroatoms. The number of nitrogens with one attached hydrogen (secondary N) is 6. The Labute approximate surface area is 505 Å². The van der Waals surface area contributed by atoms with Crippen molar-refractivity contribution in [3.8, 4) is 43.4 Å². The number of rotatable bonds is 17. The third-order valence-electron chi connectivity index (χ3n) is 12.6. The molecule has 8 heterocycles. The topological polar surface area (TPSA) is 322 Å². The fourth-order valence-electron chi connectivity index (χ4n) is 8.35. The number of nitrogens with zero attached hydrogens (tertiary/aromatic N) is 7. The zero-order valence-corrected chi connectivity index (χ0v) is 50.9. The van der Waals surface area contributed by atoms with Crippen LogP contribution in [0.25, 0.3) is 43.4 Å². The molecule has 10 bridgehead atoms. The molecular formula is C54H57N13O11S6. The second-order valence-corrected chi connectivity index (χ2v) is 24.7. The Morgan fingerprint density at radius 3 is 2.14 bits per heavy atom. The van der Waals surface area contributed by atoms with Crippen LogP contribution in [0.1, 0.15) is 106 Å². The second-order valence-electron chi connectivity index (χ2n) is 18.9. The number of fused-ring (bicyclic) bond motifs is 14. The number of pyridine rings is 1. The maximum atomic E-state index is 14.3. The number of methoxy groups -OCH3 is 2. The summed E-state index contributed by atoms with van der Waals surface area (Å²) in [5.41, 5.74) is 2.76. The van der Waals surface area contributed by atoms with Gasteiger partial charge in [-0.25, -0.2) is 34.9 Å². The van der Waals surface area contributed by atoms with Crippen LogP contribution >= 0.6 is 68.0 Å². The van der Waals surface area contributed by atoms with Crippen molar-refractivity contribution in [2.24, 2.45) is 5.92 Å². The van der Waals surface area contributed by atoms with E-state index in [0.29, 0.717) is 93.5 Å². The number of hydrogen-bond acceptors (Lipinski definition) is 24. The van der Waals surface area contributed by atoms with Crippen LogP contribution in [0.15, 0.2) is 64.0 Å². The molecular weight excluding hydrogens is 1200 g/mol. The zero-order chi connectivity index (χ0) is 59.4. The quantitative estimate of drug-likeness (QED) is 0.0454. The molecule has 440 valence electrons. The minimum Gasteiger partial charge on any atom is -0.386 e. The summed E-state index contributed by atoms with van der Waals surface area (Å²) in [5, 5.41) is 38.0. The fourth-order valence-corrected chi connectivity index (χ4v) is 13.8. The van der Waals surface area contributed by atoms with Gasteiger partial charge < -0.3 is 56.0 Å². The Hall–Kier alpha value is -7.23. The Kier molecular flexibility index (Phi) is 20.9. The molecule has 0 saturated carbocycles. The molecule has 1 aliphatic heterocycles. The molecule has 0 spiro atoms. The summed E-state index contributed by atoms with van der Waals surface area (Å²) in [5.74, 6) is -3.24. The minimum absolute atomic E-state index is 0.00000613. The highest BCUT2D eigenvalue weighted by Gasteiger charge is 2.33. The number of ether oxygens (including phenoxy) is 4. The zero-order valence-electron chi connectivity index (χ0n) is 46.0. The van der Waals surface area contributed by atoms with Crippen LogP contribution in [0.5, 0.6) is 0 Å². The first-order chi connectivity index (χ1) is 40.6. The number of benzene rings is 1. The predicted octanol–water partition coefficient (Wildman–Crippen LogP) is 6.93. The van der Waals surface area contributed by atoms with Crippen LogP contribution in [0.4, 0.5) is 5.82 Å². The maximum absolute atomic E-state index is 14.3. The number of amides is 6. The Morgan fingerprint density at radius 2 is 1.37 bits per heavy atom. The van der Waals surface area contributed by atoms with Crippen LogP contribution in [0.2, 0.25) is 0 Å². The van der Waals surface area contributed by atoms with E-state index in [9.17, 15) is 33.9 Å². The van der Waals surface area contributed by atoms with Crippen molar-refractivity contribution in [1.29, 1.82) is 0 Å². The van der Waals surface area contributed by atoms with Crippen molar-refractivity contribution in [3.05, 3.63) is 111 Å². The SMILES string of the molecule is CNC(=O)C[C@@H]1NC(=O)c2csc(n2)-c2ccc(-c3nc(NC(=O)COCCOCCOC)cs3)nc2-c2csc(n2)-c2csc(n2)[C@H]([C@@H](O)c2ccccc2)NC(=O)CNC(=O)c2nc(sc2COC)C(C(C)C)NC(=O)c2nc1sc2C. The standard InChI is InChI=1S/C54H57N13O11S6/c1-26(2)40-54-67-43(35(84-54)20-76-6)47(73)56-19-38(69)64-44(45(71)28-10-8-7-9-11-28)53-61-34(24-81-53)51-59-32(22-80-51)42-29(12-13-30(57-42)50-63-36(25-82-50)62-39(70)21-78-17-16-77-15-14-75-5)49-60-33(23-79-49)46(72)58-31(18-37(68)55-4)52-66-41(27(3)83-52)48(74)65-40/h7-13,22-26,31,40,44-45,71H,14-21H2,1-6H3,(H,55,68)(H,56,73)(H,58,72)(H,62,70)(H,64,69)(H,65,74)/t31-,40?,44-,45-/m0/s1. The van der Waals surface area contributed by atoms with Crippen molar-refractivity contribution in [2.45, 2.75) is 58.0 Å². The lowest BCUT2D eigenvalue weighted by Gasteiger charge is -2.23. The predicted molar refractivity (Wildman–Crippen MR) is 319 cm³/mol. The van der Waals surface area contributed by atoms with E-state index >= 15 is 0 Å². The number of carbonyl (C=O) groups excluding carboxylic acids is 6. The number of aliphatic hydroxyl groups excluding tert-OH is 1. The third kappa shape index (κ3) is 15.0. The summed E-state index contributed by atoms with van der Waals surface area (Å²) in [6.07, 6.45) is -1.49. The van der Waals surface area contributed by atoms with Crippen molar-refractivity contribution >= 4 is 109 Å². The maximum Gasteiger partial charge on any atom is 0.271 e. The molecule has 7 aromatic heterocycles. The molecule has 8 aromatic rings. The Morgan fingerprint density at radius 1 is 0.655 bits per heavy atom. The highest BCUT2D eigenvalue weighted by atomic mass is 32.1. The lowest BCUT2D eigenvalue weighted by molar-refractivity contribution is -0.122. The number of thiazole rings is 6. The third-order valence-corrected chi connectivity index (χ3v) is 18.3. The van der Waals surface area contributed by atoms with Gasteiger partial charge in [-0.2, -0.15) is 0 Å². The molecule has 1 aromatic carbocycles. The van der Waals surface area contributed by atoms with Gasteiger partial charge in [0.1, 0.15) is 88.8 Å². The molecule has 6 amide bonds. The number of aliphatic hydroxyl groups is 1. The molecule has 4 atom stereocenters. The normalized spacial score (nSPS) is 16.3. The summed E-state index contributed by atoms with van der Waals surface area (Å²) in [6.45, 7) is 6.12. The fraction of sp³-hybridized carbons (Fsp3) is 0.352. The smallest absolute Gasteiger partial charge is 0.271 e. The average molecular weight is 1260 g/mol. The van der Waals surface area contributed by atoms with Crippen LogP contribution in [-0.2, 0) is 39.9 Å². The summed E-state index contributed by atoms with van der Waals surface area (Å²) in [7, 11) is 4.52. The van der Waals surface area contributed by atoms with E-state index in [1.807, 2.05) is 13.8 Å². The van der Waals surface area contributed by atoms with Crippen LogP contribution in [0, 0.1) is 12.8 Å². The summed E-state index contributed by atoms with van der Waals surface area (Å²) in [6, 6.07) is 9.53. The largest absolute Gasteiger partial charge is 0.386 e. The Bertz CT molecular complexity index is 3630. The summed E-state index contributed by atoms with van der Waals surface area (Å²) < 4.78 is 21.3. The second kappa shape index (κ2) is 28.6. The van der Waals surface area contributed by atoms with Gasteiger partial charge in [0, 0.05) is 53.2 Å². The van der Waals surface area contributed by atoms with Crippen LogP contribution < -0.4 is 31.9 Å². The summed E-state index contributed by atoms with van der Waals surface area (Å²) in [4.78, 5) is 117. The van der Waals surface area contributed by atoms with Crippen LogP contribution in [-0.4, -0.2) is 136 Å². The van der Waals surface area contributed by atoms with E-state index in [0.717, 1.165) is 11.3 Å². The molecule has 9 rings (SSSR count). The van der Waals surface area contributed by atoms with Crippen LogP contribution in [0.3, 0.4) is 0 Å². The van der Waals surface area contributed by atoms with Crippen molar-refractivity contribution in [3.63, 3.8) is 0 Å². The van der Waals surface area contributed by atoms with Crippen molar-refractivity contribution in [2.75, 3.05) is 66.2 Å². The first kappa shape index (κ1) is 61.3. The van der Waals surface area contributed by atoms with Gasteiger partial charge in [-0.05, 0) is 30.5 Å². The molecule has 84 heavy (non-hydrogen) atoms. The first-order valence-electron chi connectivity index (χ1n) is 26.0. The molecule has 0 aliphatic carbocycles. The minimum atomic E-state index is -1.27. The molecule has 24 nitrogen and oxygen atoms in total. The number of hydrogen-bond donors (Lipinski definition) is 7. The number of carbonyl (C=O) groups is 6. The van der Waals surface area contributed by atoms with Gasteiger partial charge in [0.2, 0.25) is 11.8 Å². The highest BCUT2D eigenvalue weighted by Crippen LogP contribution is 2.40. The van der Waals surface area contributed by atoms with Gasteiger partial charge in [0.25, 0.3) is 23.6 Å². The lowest BCUT2D eigenvalue weighted by atomic mass is 10.0. The van der Waals surface area contributed by atoms with E-state index in [1.165, 1.54) is 70.8 Å². The first-order valence-corrected chi connectivity index (χ1v) is 31.1. The molecule has 7 N–H and O–H groups in total. The van der Waals surface area contributed by atoms with E-state index in [2.05, 4.69) is 36.9 Å². The van der Waals surface area contributed by atoms with E-state index < -0.39 is 66.2 Å². The molecule has 1 unspecified atom stereocenters.